The van der Waals surface area contributed by atoms with E-state index in [1.54, 1.807) is 6.20 Å². The van der Waals surface area contributed by atoms with Crippen LogP contribution in [0.4, 0.5) is 0 Å². The van der Waals surface area contributed by atoms with Crippen molar-refractivity contribution in [3.8, 4) is 0 Å². The number of amides is 1. The fourth-order valence-electron chi connectivity index (χ4n) is 3.69. The summed E-state index contributed by atoms with van der Waals surface area (Å²) in [5, 5.41) is 8.81. The van der Waals surface area contributed by atoms with Gasteiger partial charge in [0.05, 0.1) is 24.3 Å². The molecule has 0 aromatic carbocycles. The molecule has 1 fully saturated rings. The highest BCUT2D eigenvalue weighted by Gasteiger charge is 2.28. The van der Waals surface area contributed by atoms with Crippen LogP contribution in [-0.2, 0) is 11.3 Å². The normalized spacial score (nSPS) is 19.5. The van der Waals surface area contributed by atoms with Crippen molar-refractivity contribution < 1.29 is 4.79 Å². The molecular formula is C18H27N5O. The molecule has 3 rings (SSSR count). The van der Waals surface area contributed by atoms with E-state index in [0.717, 1.165) is 37.3 Å². The number of rotatable bonds is 5. The third-order valence-electron chi connectivity index (χ3n) is 4.84. The topological polar surface area (TPSA) is 56.0 Å². The molecule has 1 aliphatic rings. The number of piperidine rings is 1. The van der Waals surface area contributed by atoms with Gasteiger partial charge in [-0.3, -0.25) is 14.2 Å². The zero-order chi connectivity index (χ0) is 17.1. The van der Waals surface area contributed by atoms with Gasteiger partial charge in [-0.2, -0.15) is 10.2 Å². The quantitative estimate of drug-likeness (QED) is 0.847. The Hall–Kier alpha value is -2.11. The van der Waals surface area contributed by atoms with Gasteiger partial charge in [0.2, 0.25) is 5.91 Å². The van der Waals surface area contributed by atoms with Crippen LogP contribution in [0.3, 0.4) is 0 Å². The summed E-state index contributed by atoms with van der Waals surface area (Å²) in [6.07, 6.45) is 7.59. The molecule has 0 radical (unpaired) electrons. The molecule has 0 bridgehead atoms. The second kappa shape index (κ2) is 7.20. The van der Waals surface area contributed by atoms with Gasteiger partial charge >= 0.3 is 0 Å². The number of likely N-dealkylation sites (tertiary alicyclic amines) is 1. The van der Waals surface area contributed by atoms with Crippen LogP contribution in [0.5, 0.6) is 0 Å². The van der Waals surface area contributed by atoms with Gasteiger partial charge in [-0.05, 0) is 52.2 Å². The van der Waals surface area contributed by atoms with Gasteiger partial charge in [0, 0.05) is 31.1 Å². The summed E-state index contributed by atoms with van der Waals surface area (Å²) >= 11 is 0. The van der Waals surface area contributed by atoms with Crippen LogP contribution in [0.15, 0.2) is 24.5 Å². The molecule has 2 aromatic rings. The van der Waals surface area contributed by atoms with Crippen molar-refractivity contribution in [2.45, 2.75) is 65.1 Å². The Balaban J connectivity index is 1.66. The lowest BCUT2D eigenvalue weighted by Gasteiger charge is -2.36. The van der Waals surface area contributed by atoms with Crippen molar-refractivity contribution >= 4 is 5.91 Å². The van der Waals surface area contributed by atoms with Gasteiger partial charge in [-0.1, -0.05) is 0 Å². The summed E-state index contributed by atoms with van der Waals surface area (Å²) in [6.45, 7) is 7.75. The number of carbonyl (C=O) groups excluding carboxylic acids is 1. The van der Waals surface area contributed by atoms with Crippen LogP contribution >= 0.6 is 0 Å². The molecule has 0 N–H and O–H groups in total. The van der Waals surface area contributed by atoms with E-state index in [9.17, 15) is 4.79 Å². The van der Waals surface area contributed by atoms with Crippen molar-refractivity contribution in [2.75, 3.05) is 6.54 Å². The minimum Gasteiger partial charge on any atom is -0.338 e. The van der Waals surface area contributed by atoms with Gasteiger partial charge in [0.25, 0.3) is 0 Å². The van der Waals surface area contributed by atoms with E-state index in [1.807, 2.05) is 35.5 Å². The van der Waals surface area contributed by atoms with E-state index in [1.165, 1.54) is 6.42 Å². The first-order valence-electron chi connectivity index (χ1n) is 8.84. The zero-order valence-electron chi connectivity index (χ0n) is 14.9. The zero-order valence-corrected chi connectivity index (χ0v) is 14.9. The second-order valence-electron chi connectivity index (χ2n) is 6.89. The van der Waals surface area contributed by atoms with Crippen LogP contribution in [0, 0.1) is 13.8 Å². The van der Waals surface area contributed by atoms with E-state index in [4.69, 9.17) is 0 Å². The highest BCUT2D eigenvalue weighted by Crippen LogP contribution is 2.22. The predicted molar refractivity (Wildman–Crippen MR) is 92.6 cm³/mol. The lowest BCUT2D eigenvalue weighted by Crippen LogP contribution is -2.46. The maximum Gasteiger partial charge on any atom is 0.225 e. The predicted octanol–water partition coefficient (Wildman–Crippen LogP) is 2.73. The standard InChI is InChI=1S/C18H27N5O/c1-14-11-15(2)23(20-14)16(3)12-18(24)22-10-5-4-7-17(22)13-21-9-6-8-19-21/h6,8-9,11,16-17H,4-5,7,10,12-13H2,1-3H3. The summed E-state index contributed by atoms with van der Waals surface area (Å²) in [4.78, 5) is 15.0. The Morgan fingerprint density at radius 3 is 2.88 bits per heavy atom. The molecule has 3 heterocycles. The summed E-state index contributed by atoms with van der Waals surface area (Å²) in [5.41, 5.74) is 2.11. The van der Waals surface area contributed by atoms with Crippen molar-refractivity contribution in [1.29, 1.82) is 0 Å². The Morgan fingerprint density at radius 2 is 2.21 bits per heavy atom. The number of hydrogen-bond acceptors (Lipinski definition) is 3. The molecule has 6 nitrogen and oxygen atoms in total. The summed E-state index contributed by atoms with van der Waals surface area (Å²) in [7, 11) is 0. The fraction of sp³-hybridized carbons (Fsp3) is 0.611. The molecule has 0 saturated carbocycles. The van der Waals surface area contributed by atoms with E-state index < -0.39 is 0 Å². The Labute approximate surface area is 143 Å². The third-order valence-corrected chi connectivity index (χ3v) is 4.84. The number of hydrogen-bond donors (Lipinski definition) is 0. The maximum atomic E-state index is 12.9. The van der Waals surface area contributed by atoms with Crippen molar-refractivity contribution in [3.63, 3.8) is 0 Å². The minimum atomic E-state index is 0.0819. The van der Waals surface area contributed by atoms with Crippen molar-refractivity contribution in [1.82, 2.24) is 24.5 Å². The average Bonchev–Trinajstić information content (AvgIpc) is 3.17. The molecule has 2 atom stereocenters. The molecule has 0 spiro atoms. The van der Waals surface area contributed by atoms with Crippen LogP contribution in [0.2, 0.25) is 0 Å². The summed E-state index contributed by atoms with van der Waals surface area (Å²) < 4.78 is 3.90. The monoisotopic (exact) mass is 329 g/mol. The van der Waals surface area contributed by atoms with Crippen molar-refractivity contribution in [2.24, 2.45) is 0 Å². The first-order valence-corrected chi connectivity index (χ1v) is 8.84. The maximum absolute atomic E-state index is 12.9. The molecule has 24 heavy (non-hydrogen) atoms. The van der Waals surface area contributed by atoms with E-state index in [2.05, 4.69) is 28.1 Å². The van der Waals surface area contributed by atoms with Gasteiger partial charge in [0.1, 0.15) is 0 Å². The van der Waals surface area contributed by atoms with Gasteiger partial charge in [0.15, 0.2) is 0 Å². The molecule has 2 unspecified atom stereocenters. The lowest BCUT2D eigenvalue weighted by molar-refractivity contribution is -0.136. The Bertz CT molecular complexity index is 676. The smallest absolute Gasteiger partial charge is 0.225 e. The van der Waals surface area contributed by atoms with Crippen LogP contribution in [-0.4, -0.2) is 43.0 Å². The van der Waals surface area contributed by atoms with Crippen molar-refractivity contribution in [3.05, 3.63) is 35.9 Å². The van der Waals surface area contributed by atoms with Crippen LogP contribution in [0.25, 0.3) is 0 Å². The van der Waals surface area contributed by atoms with E-state index in [0.29, 0.717) is 6.42 Å². The molecule has 6 heteroatoms. The third kappa shape index (κ3) is 3.68. The highest BCUT2D eigenvalue weighted by atomic mass is 16.2. The first kappa shape index (κ1) is 16.7. The van der Waals surface area contributed by atoms with Crippen LogP contribution in [0.1, 0.15) is 50.0 Å². The number of carbonyl (C=O) groups is 1. The molecule has 0 aliphatic carbocycles. The molecule has 1 amide bonds. The Kier molecular flexibility index (Phi) is 5.02. The highest BCUT2D eigenvalue weighted by molar-refractivity contribution is 5.77. The molecule has 2 aromatic heterocycles. The van der Waals surface area contributed by atoms with E-state index in [-0.39, 0.29) is 18.0 Å². The molecule has 130 valence electrons. The lowest BCUT2D eigenvalue weighted by atomic mass is 10.0. The SMILES string of the molecule is Cc1cc(C)n(C(C)CC(=O)N2CCCCC2Cn2cccn2)n1. The number of aryl methyl sites for hydroxylation is 2. The average molecular weight is 329 g/mol. The Morgan fingerprint density at radius 1 is 1.38 bits per heavy atom. The number of nitrogens with zero attached hydrogens (tertiary/aromatic N) is 5. The summed E-state index contributed by atoms with van der Waals surface area (Å²) in [6, 6.07) is 4.32. The number of aromatic nitrogens is 4. The molecule has 1 aliphatic heterocycles. The first-order chi connectivity index (χ1) is 11.5. The van der Waals surface area contributed by atoms with Crippen LogP contribution < -0.4 is 0 Å². The molecular weight excluding hydrogens is 302 g/mol. The fourth-order valence-corrected chi connectivity index (χ4v) is 3.69. The molecule has 1 saturated heterocycles. The van der Waals surface area contributed by atoms with Gasteiger partial charge in [-0.25, -0.2) is 0 Å². The van der Waals surface area contributed by atoms with Gasteiger partial charge in [-0.15, -0.1) is 0 Å². The summed E-state index contributed by atoms with van der Waals surface area (Å²) in [5.74, 6) is 0.229. The largest absolute Gasteiger partial charge is 0.338 e. The van der Waals surface area contributed by atoms with E-state index >= 15 is 0 Å². The minimum absolute atomic E-state index is 0.0819. The van der Waals surface area contributed by atoms with Gasteiger partial charge < -0.3 is 4.90 Å². The second-order valence-corrected chi connectivity index (χ2v) is 6.89.